The van der Waals surface area contributed by atoms with Crippen molar-refractivity contribution in [2.75, 3.05) is 11.9 Å². The third-order valence-corrected chi connectivity index (χ3v) is 2.86. The molecule has 22 heavy (non-hydrogen) atoms. The predicted molar refractivity (Wildman–Crippen MR) is 78.3 cm³/mol. The zero-order valence-electron chi connectivity index (χ0n) is 11.8. The van der Waals surface area contributed by atoms with Gasteiger partial charge in [-0.25, -0.2) is 0 Å². The summed E-state index contributed by atoms with van der Waals surface area (Å²) in [4.78, 5) is 11.0. The number of allylic oxidation sites excluding steroid dienone is 1. The van der Waals surface area contributed by atoms with Crippen molar-refractivity contribution in [1.29, 1.82) is 0 Å². The average Bonchev–Trinajstić information content (AvgIpc) is 2.46. The maximum absolute atomic E-state index is 12.3. The smallest absolute Gasteiger partial charge is 0.454 e. The van der Waals surface area contributed by atoms with Crippen molar-refractivity contribution in [1.82, 2.24) is 0 Å². The van der Waals surface area contributed by atoms with Gasteiger partial charge in [0.25, 0.3) is 5.78 Å². The van der Waals surface area contributed by atoms with E-state index in [1.165, 1.54) is 0 Å². The van der Waals surface area contributed by atoms with Gasteiger partial charge in [-0.2, -0.15) is 13.2 Å². The Labute approximate surface area is 125 Å². The largest absolute Gasteiger partial charge is 0.479 e. The first kappa shape index (κ1) is 15.9. The number of ether oxygens (including phenoxy) is 1. The Morgan fingerprint density at radius 3 is 2.50 bits per heavy atom. The Bertz CT molecular complexity index is 708. The van der Waals surface area contributed by atoms with Gasteiger partial charge in [0.1, 0.15) is 0 Å². The Kier molecular flexibility index (Phi) is 4.70. The summed E-state index contributed by atoms with van der Waals surface area (Å²) in [5.74, 6) is -2.20. The molecule has 2 rings (SSSR count). The van der Waals surface area contributed by atoms with E-state index in [1.807, 2.05) is 30.3 Å². The van der Waals surface area contributed by atoms with Crippen LogP contribution in [-0.2, 0) is 9.53 Å². The van der Waals surface area contributed by atoms with E-state index in [2.05, 4.69) is 5.32 Å². The molecule has 0 fully saturated rings. The number of hydrogen-bond acceptors (Lipinski definition) is 3. The Morgan fingerprint density at radius 1 is 1.18 bits per heavy atom. The Balaban J connectivity index is 2.26. The first-order valence-electron chi connectivity index (χ1n) is 6.61. The minimum atomic E-state index is -4.92. The van der Waals surface area contributed by atoms with Gasteiger partial charge in [0, 0.05) is 5.69 Å². The van der Waals surface area contributed by atoms with Crippen molar-refractivity contribution in [3.63, 3.8) is 0 Å². The van der Waals surface area contributed by atoms with Crippen LogP contribution in [0.3, 0.4) is 0 Å². The summed E-state index contributed by atoms with van der Waals surface area (Å²) in [6.45, 7) is 1.76. The second kappa shape index (κ2) is 6.51. The quantitative estimate of drug-likeness (QED) is 0.662. The molecule has 0 atom stereocenters. The standard InChI is InChI=1S/C16H14F3NO2/c1-2-22-15(10-14(21)16(17,18)19)20-13-8-7-11-5-3-4-6-12(11)9-13/h3-10,20H,2H2,1H3/b15-10+. The molecule has 0 radical (unpaired) electrons. The number of carbonyl (C=O) groups excluding carboxylic acids is 1. The zero-order valence-corrected chi connectivity index (χ0v) is 11.8. The molecule has 0 saturated heterocycles. The van der Waals surface area contributed by atoms with Crippen LogP contribution in [0.4, 0.5) is 18.9 Å². The maximum Gasteiger partial charge on any atom is 0.454 e. The number of halogens is 3. The van der Waals surface area contributed by atoms with Crippen molar-refractivity contribution in [3.8, 4) is 0 Å². The van der Waals surface area contributed by atoms with Crippen LogP contribution in [0.1, 0.15) is 6.92 Å². The number of alkyl halides is 3. The molecule has 0 spiro atoms. The van der Waals surface area contributed by atoms with Gasteiger partial charge < -0.3 is 10.1 Å². The first-order valence-corrected chi connectivity index (χ1v) is 6.61. The fraction of sp³-hybridized carbons (Fsp3) is 0.188. The van der Waals surface area contributed by atoms with Gasteiger partial charge >= 0.3 is 6.18 Å². The molecule has 0 saturated carbocycles. The first-order chi connectivity index (χ1) is 10.4. The van der Waals surface area contributed by atoms with Gasteiger partial charge in [-0.15, -0.1) is 0 Å². The highest BCUT2D eigenvalue weighted by Crippen LogP contribution is 2.22. The Hall–Kier alpha value is -2.50. The summed E-state index contributed by atoms with van der Waals surface area (Å²) in [7, 11) is 0. The SMILES string of the molecule is CCO/C(=C/C(=O)C(F)(F)F)Nc1ccc2ccccc2c1. The van der Waals surface area contributed by atoms with E-state index in [0.717, 1.165) is 10.8 Å². The zero-order chi connectivity index (χ0) is 16.2. The highest BCUT2D eigenvalue weighted by molar-refractivity contribution is 5.95. The summed E-state index contributed by atoms with van der Waals surface area (Å²) in [5.41, 5.74) is 0.536. The topological polar surface area (TPSA) is 38.3 Å². The number of nitrogens with one attached hydrogen (secondary N) is 1. The molecule has 0 aliphatic rings. The lowest BCUT2D eigenvalue weighted by Gasteiger charge is -2.12. The molecular weight excluding hydrogens is 295 g/mol. The van der Waals surface area contributed by atoms with Gasteiger partial charge in [-0.3, -0.25) is 4.79 Å². The summed E-state index contributed by atoms with van der Waals surface area (Å²) in [5, 5.41) is 4.62. The summed E-state index contributed by atoms with van der Waals surface area (Å²) in [6.07, 6.45) is -4.51. The number of ketones is 1. The van der Waals surface area contributed by atoms with Gasteiger partial charge in [0.05, 0.1) is 12.7 Å². The van der Waals surface area contributed by atoms with E-state index in [1.54, 1.807) is 19.1 Å². The van der Waals surface area contributed by atoms with Crippen LogP contribution in [0.25, 0.3) is 10.8 Å². The van der Waals surface area contributed by atoms with E-state index < -0.39 is 12.0 Å². The third kappa shape index (κ3) is 4.00. The van der Waals surface area contributed by atoms with Gasteiger partial charge in [0.15, 0.2) is 5.88 Å². The molecule has 3 nitrogen and oxygen atoms in total. The second-order valence-electron chi connectivity index (χ2n) is 4.49. The highest BCUT2D eigenvalue weighted by Gasteiger charge is 2.37. The van der Waals surface area contributed by atoms with E-state index >= 15 is 0 Å². The van der Waals surface area contributed by atoms with Crippen LogP contribution in [-0.4, -0.2) is 18.6 Å². The number of benzene rings is 2. The van der Waals surface area contributed by atoms with Crippen LogP contribution >= 0.6 is 0 Å². The van der Waals surface area contributed by atoms with E-state index in [4.69, 9.17) is 4.74 Å². The van der Waals surface area contributed by atoms with Crippen LogP contribution in [0.5, 0.6) is 0 Å². The molecule has 0 aliphatic heterocycles. The molecule has 1 N–H and O–H groups in total. The molecule has 0 aromatic heterocycles. The van der Waals surface area contributed by atoms with Crippen LogP contribution < -0.4 is 5.32 Å². The van der Waals surface area contributed by atoms with E-state index in [9.17, 15) is 18.0 Å². The Morgan fingerprint density at radius 2 is 1.86 bits per heavy atom. The van der Waals surface area contributed by atoms with Crippen molar-refractivity contribution in [2.24, 2.45) is 0 Å². The monoisotopic (exact) mass is 309 g/mol. The van der Waals surface area contributed by atoms with Crippen LogP contribution in [0.2, 0.25) is 0 Å². The average molecular weight is 309 g/mol. The van der Waals surface area contributed by atoms with E-state index in [-0.39, 0.29) is 12.5 Å². The van der Waals surface area contributed by atoms with Crippen LogP contribution in [0, 0.1) is 0 Å². The molecule has 6 heteroatoms. The fourth-order valence-corrected chi connectivity index (χ4v) is 1.88. The summed E-state index contributed by atoms with van der Waals surface area (Å²) < 4.78 is 42.0. The van der Waals surface area contributed by atoms with Crippen molar-refractivity contribution in [2.45, 2.75) is 13.1 Å². The molecule has 0 bridgehead atoms. The number of hydrogen-bond donors (Lipinski definition) is 1. The normalized spacial score (nSPS) is 12.3. The van der Waals surface area contributed by atoms with Gasteiger partial charge in [-0.1, -0.05) is 30.3 Å². The molecular formula is C16H14F3NO2. The fourth-order valence-electron chi connectivity index (χ4n) is 1.88. The molecule has 0 unspecified atom stereocenters. The summed E-state index contributed by atoms with van der Waals surface area (Å²) >= 11 is 0. The molecule has 116 valence electrons. The van der Waals surface area contributed by atoms with Gasteiger partial charge in [0.2, 0.25) is 0 Å². The summed E-state index contributed by atoms with van der Waals surface area (Å²) in [6, 6.07) is 12.8. The number of rotatable bonds is 5. The van der Waals surface area contributed by atoms with Crippen molar-refractivity contribution < 1.29 is 22.7 Å². The number of anilines is 1. The molecule has 0 amide bonds. The lowest BCUT2D eigenvalue weighted by Crippen LogP contribution is -2.22. The van der Waals surface area contributed by atoms with Gasteiger partial charge in [-0.05, 0) is 29.8 Å². The van der Waals surface area contributed by atoms with Crippen molar-refractivity contribution >= 4 is 22.2 Å². The lowest BCUT2D eigenvalue weighted by atomic mass is 10.1. The maximum atomic E-state index is 12.3. The highest BCUT2D eigenvalue weighted by atomic mass is 19.4. The molecule has 2 aromatic rings. The van der Waals surface area contributed by atoms with E-state index in [0.29, 0.717) is 11.8 Å². The predicted octanol–water partition coefficient (Wildman–Crippen LogP) is 4.26. The molecule has 0 heterocycles. The molecule has 0 aliphatic carbocycles. The van der Waals surface area contributed by atoms with Crippen LogP contribution in [0.15, 0.2) is 54.4 Å². The third-order valence-electron chi connectivity index (χ3n) is 2.86. The minimum absolute atomic E-state index is 0.136. The number of fused-ring (bicyclic) bond motifs is 1. The van der Waals surface area contributed by atoms with Crippen molar-refractivity contribution in [3.05, 3.63) is 54.4 Å². The minimum Gasteiger partial charge on any atom is -0.479 e. The number of carbonyl (C=O) groups is 1. The second-order valence-corrected chi connectivity index (χ2v) is 4.49. The lowest BCUT2D eigenvalue weighted by molar-refractivity contribution is -0.165. The molecule has 2 aromatic carbocycles.